The third kappa shape index (κ3) is 3.23. The first kappa shape index (κ1) is 15.1. The second-order valence-electron chi connectivity index (χ2n) is 4.43. The van der Waals surface area contributed by atoms with E-state index in [2.05, 4.69) is 15.6 Å². The molecule has 0 fully saturated rings. The van der Waals surface area contributed by atoms with Crippen LogP contribution in [0.1, 0.15) is 12.5 Å². The highest BCUT2D eigenvalue weighted by atomic mass is 16.6. The van der Waals surface area contributed by atoms with Gasteiger partial charge in [0.1, 0.15) is 5.69 Å². The van der Waals surface area contributed by atoms with Crippen LogP contribution in [0.3, 0.4) is 0 Å². The molecular weight excluding hydrogens is 292 g/mol. The minimum atomic E-state index is -0.704. The maximum absolute atomic E-state index is 11.0. The fourth-order valence-electron chi connectivity index (χ4n) is 1.70. The van der Waals surface area contributed by atoms with E-state index in [9.17, 15) is 20.2 Å². The lowest BCUT2D eigenvalue weighted by Crippen LogP contribution is -2.02. The van der Waals surface area contributed by atoms with Crippen LogP contribution in [-0.4, -0.2) is 25.3 Å². The van der Waals surface area contributed by atoms with Crippen molar-refractivity contribution in [3.63, 3.8) is 0 Å². The monoisotopic (exact) mass is 304 g/mol. The van der Waals surface area contributed by atoms with Crippen LogP contribution in [0.25, 0.3) is 0 Å². The van der Waals surface area contributed by atoms with Crippen LogP contribution in [-0.2, 0) is 7.05 Å². The number of hydrogen-bond acceptors (Lipinski definition) is 7. The molecule has 0 radical (unpaired) electrons. The number of aromatic nitrogens is 2. The number of non-ortho nitro benzene ring substituents is 1. The number of rotatable bonds is 5. The van der Waals surface area contributed by atoms with Crippen LogP contribution in [0.5, 0.6) is 0 Å². The highest BCUT2D eigenvalue weighted by Gasteiger charge is 2.19. The van der Waals surface area contributed by atoms with E-state index in [1.165, 1.54) is 12.1 Å². The first-order valence-corrected chi connectivity index (χ1v) is 6.10. The van der Waals surface area contributed by atoms with E-state index in [1.807, 2.05) is 0 Å². The summed E-state index contributed by atoms with van der Waals surface area (Å²) in [7, 11) is 1.76. The van der Waals surface area contributed by atoms with E-state index < -0.39 is 15.5 Å². The summed E-state index contributed by atoms with van der Waals surface area (Å²) in [6.07, 6.45) is 3.34. The molecule has 1 aromatic heterocycles. The zero-order chi connectivity index (χ0) is 16.3. The first-order chi connectivity index (χ1) is 10.4. The zero-order valence-corrected chi connectivity index (χ0v) is 11.8. The summed E-state index contributed by atoms with van der Waals surface area (Å²) >= 11 is 0. The highest BCUT2D eigenvalue weighted by Crippen LogP contribution is 2.28. The summed E-state index contributed by atoms with van der Waals surface area (Å²) in [6, 6.07) is 3.30. The lowest BCUT2D eigenvalue weighted by atomic mass is 10.2. The number of nitro benzene ring substituents is 2. The average molecular weight is 304 g/mol. The molecule has 0 saturated carbocycles. The van der Waals surface area contributed by atoms with Gasteiger partial charge in [0.25, 0.3) is 5.69 Å². The van der Waals surface area contributed by atoms with Crippen LogP contribution in [0, 0.1) is 20.2 Å². The summed E-state index contributed by atoms with van der Waals surface area (Å²) in [5.41, 5.74) is 3.17. The zero-order valence-electron chi connectivity index (χ0n) is 11.8. The lowest BCUT2D eigenvalue weighted by molar-refractivity contribution is -0.393. The van der Waals surface area contributed by atoms with Gasteiger partial charge >= 0.3 is 5.69 Å². The number of nitrogens with one attached hydrogen (secondary N) is 1. The number of hydrogen-bond donors (Lipinski definition) is 1. The van der Waals surface area contributed by atoms with Crippen molar-refractivity contribution in [1.29, 1.82) is 0 Å². The molecule has 2 rings (SSSR count). The highest BCUT2D eigenvalue weighted by molar-refractivity contribution is 5.98. The molecule has 0 unspecified atom stereocenters. The Hall–Kier alpha value is -3.30. The fourth-order valence-corrected chi connectivity index (χ4v) is 1.70. The van der Waals surface area contributed by atoms with Crippen molar-refractivity contribution in [2.24, 2.45) is 12.1 Å². The number of anilines is 1. The Labute approximate surface area is 124 Å². The van der Waals surface area contributed by atoms with Gasteiger partial charge in [0, 0.05) is 24.9 Å². The van der Waals surface area contributed by atoms with E-state index in [1.54, 1.807) is 31.0 Å². The Morgan fingerprint density at radius 3 is 2.59 bits per heavy atom. The predicted octanol–water partition coefficient (Wildman–Crippen LogP) is 2.07. The summed E-state index contributed by atoms with van der Waals surface area (Å²) in [4.78, 5) is 20.3. The van der Waals surface area contributed by atoms with E-state index >= 15 is 0 Å². The van der Waals surface area contributed by atoms with E-state index in [4.69, 9.17) is 0 Å². The van der Waals surface area contributed by atoms with Gasteiger partial charge in [-0.05, 0) is 13.0 Å². The van der Waals surface area contributed by atoms with Crippen molar-refractivity contribution in [1.82, 2.24) is 9.78 Å². The molecule has 0 aliphatic rings. The summed E-state index contributed by atoms with van der Waals surface area (Å²) in [5.74, 6) is 0. The van der Waals surface area contributed by atoms with Gasteiger partial charge < -0.3 is 0 Å². The smallest absolute Gasteiger partial charge is 0.275 e. The molecule has 10 nitrogen and oxygen atoms in total. The Kier molecular flexibility index (Phi) is 4.11. The number of hydrazone groups is 1. The molecule has 114 valence electrons. The van der Waals surface area contributed by atoms with Crippen molar-refractivity contribution in [3.8, 4) is 0 Å². The number of aryl methyl sites for hydroxylation is 1. The molecule has 2 aromatic rings. The van der Waals surface area contributed by atoms with Crippen molar-refractivity contribution >= 4 is 22.8 Å². The van der Waals surface area contributed by atoms with Gasteiger partial charge in [0.05, 0.1) is 27.8 Å². The lowest BCUT2D eigenvalue weighted by Gasteiger charge is -2.03. The van der Waals surface area contributed by atoms with Gasteiger partial charge in [-0.25, -0.2) is 0 Å². The maximum atomic E-state index is 11.0. The van der Waals surface area contributed by atoms with Gasteiger partial charge in [-0.15, -0.1) is 0 Å². The SMILES string of the molecule is C/C(=N/Nc1ccc([N+](=O)[O-])cc1[N+](=O)[O-])c1cnn(C)c1. The van der Waals surface area contributed by atoms with E-state index in [0.29, 0.717) is 5.71 Å². The molecule has 0 aliphatic heterocycles. The van der Waals surface area contributed by atoms with Gasteiger partial charge in [-0.2, -0.15) is 10.2 Å². The van der Waals surface area contributed by atoms with Crippen LogP contribution in [0.2, 0.25) is 0 Å². The number of benzene rings is 1. The Morgan fingerprint density at radius 2 is 2.05 bits per heavy atom. The molecule has 0 aliphatic carbocycles. The van der Waals surface area contributed by atoms with Gasteiger partial charge in [0.2, 0.25) is 0 Å². The third-order valence-corrected chi connectivity index (χ3v) is 2.86. The van der Waals surface area contributed by atoms with E-state index in [-0.39, 0.29) is 11.4 Å². The van der Waals surface area contributed by atoms with E-state index in [0.717, 1.165) is 11.6 Å². The second-order valence-corrected chi connectivity index (χ2v) is 4.43. The van der Waals surface area contributed by atoms with Crippen LogP contribution in [0.4, 0.5) is 17.1 Å². The predicted molar refractivity (Wildman–Crippen MR) is 78.8 cm³/mol. The van der Waals surface area contributed by atoms with Crippen LogP contribution < -0.4 is 5.43 Å². The van der Waals surface area contributed by atoms with Crippen molar-refractivity contribution in [2.45, 2.75) is 6.92 Å². The molecule has 1 heterocycles. The molecular formula is C12H12N6O4. The number of nitrogens with zero attached hydrogens (tertiary/aromatic N) is 5. The Balaban J connectivity index is 2.29. The number of nitro groups is 2. The average Bonchev–Trinajstić information content (AvgIpc) is 2.91. The molecule has 0 spiro atoms. The molecule has 0 bridgehead atoms. The molecule has 0 saturated heterocycles. The quantitative estimate of drug-likeness (QED) is 0.511. The molecule has 0 amide bonds. The molecule has 22 heavy (non-hydrogen) atoms. The molecule has 1 aromatic carbocycles. The Bertz CT molecular complexity index is 767. The van der Waals surface area contributed by atoms with Crippen molar-refractivity contribution in [3.05, 3.63) is 56.4 Å². The largest absolute Gasteiger partial charge is 0.301 e. The molecule has 1 N–H and O–H groups in total. The minimum Gasteiger partial charge on any atom is -0.275 e. The summed E-state index contributed by atoms with van der Waals surface area (Å²) < 4.78 is 1.60. The van der Waals surface area contributed by atoms with Gasteiger partial charge in [-0.1, -0.05) is 0 Å². The van der Waals surface area contributed by atoms with Crippen molar-refractivity contribution in [2.75, 3.05) is 5.43 Å². The van der Waals surface area contributed by atoms with Gasteiger partial charge in [-0.3, -0.25) is 30.3 Å². The third-order valence-electron chi connectivity index (χ3n) is 2.86. The summed E-state index contributed by atoms with van der Waals surface area (Å²) in [6.45, 7) is 1.71. The summed E-state index contributed by atoms with van der Waals surface area (Å²) in [5, 5.41) is 29.7. The standard InChI is InChI=1S/C12H12N6O4/c1-8(9-6-13-16(2)7-9)14-15-11-4-3-10(17(19)20)5-12(11)18(21)22/h3-7,15H,1-2H3/b14-8-. The normalized spacial score (nSPS) is 11.3. The van der Waals surface area contributed by atoms with Crippen molar-refractivity contribution < 1.29 is 9.85 Å². The van der Waals surface area contributed by atoms with Crippen LogP contribution in [0.15, 0.2) is 35.7 Å². The Morgan fingerprint density at radius 1 is 1.32 bits per heavy atom. The first-order valence-electron chi connectivity index (χ1n) is 6.10. The van der Waals surface area contributed by atoms with Gasteiger partial charge in [0.15, 0.2) is 0 Å². The maximum Gasteiger partial charge on any atom is 0.301 e. The minimum absolute atomic E-state index is 0.0684. The fraction of sp³-hybridized carbons (Fsp3) is 0.167. The second kappa shape index (κ2) is 5.99. The van der Waals surface area contributed by atoms with Crippen LogP contribution >= 0.6 is 0 Å². The molecule has 10 heteroatoms. The topological polar surface area (TPSA) is 128 Å². The molecule has 0 atom stereocenters.